The molecule has 1 aromatic carbocycles. The Labute approximate surface area is 105 Å². The Morgan fingerprint density at radius 1 is 1.39 bits per heavy atom. The summed E-state index contributed by atoms with van der Waals surface area (Å²) in [7, 11) is -1.71. The van der Waals surface area contributed by atoms with E-state index in [1.165, 1.54) is 16.4 Å². The van der Waals surface area contributed by atoms with Crippen LogP contribution in [0.15, 0.2) is 29.2 Å². The van der Waals surface area contributed by atoms with Gasteiger partial charge in [0.25, 0.3) is 0 Å². The van der Waals surface area contributed by atoms with Crippen molar-refractivity contribution >= 4 is 17.0 Å². The molecule has 0 bridgehead atoms. The topological polar surface area (TPSA) is 77.8 Å². The van der Waals surface area contributed by atoms with Crippen LogP contribution in [0.5, 0.6) is 0 Å². The van der Waals surface area contributed by atoms with Crippen molar-refractivity contribution in [3.05, 3.63) is 30.1 Å². The Balaban J connectivity index is 2.22. The lowest BCUT2D eigenvalue weighted by molar-refractivity contribution is -0.140. The highest BCUT2D eigenvalue weighted by atomic mass is 32.2. The maximum atomic E-state index is 12.7. The lowest BCUT2D eigenvalue weighted by Crippen LogP contribution is -2.37. The average molecular weight is 273 g/mol. The summed E-state index contributed by atoms with van der Waals surface area (Å²) in [5.41, 5.74) is 0. The molecule has 7 heteroatoms. The van der Waals surface area contributed by atoms with Crippen LogP contribution in [-0.2, 0) is 15.8 Å². The molecule has 18 heavy (non-hydrogen) atoms. The fourth-order valence-corrected chi connectivity index (χ4v) is 3.23. The molecular formula is C11H12FNO4S. The van der Waals surface area contributed by atoms with E-state index in [2.05, 4.69) is 0 Å². The second-order valence-corrected chi connectivity index (χ2v) is 5.49. The lowest BCUT2D eigenvalue weighted by Gasteiger charge is -2.19. The second-order valence-electron chi connectivity index (χ2n) is 4.05. The summed E-state index contributed by atoms with van der Waals surface area (Å²) < 4.78 is 26.1. The largest absolute Gasteiger partial charge is 0.480 e. The van der Waals surface area contributed by atoms with Crippen molar-refractivity contribution in [1.82, 2.24) is 4.31 Å². The van der Waals surface area contributed by atoms with Crippen molar-refractivity contribution in [2.24, 2.45) is 0 Å². The van der Waals surface area contributed by atoms with Crippen molar-refractivity contribution in [2.45, 2.75) is 23.5 Å². The molecule has 0 saturated carbocycles. The Bertz CT molecular complexity index is 478. The number of aliphatic hydroxyl groups is 1. The van der Waals surface area contributed by atoms with Gasteiger partial charge in [0.15, 0.2) is 0 Å². The molecule has 0 aliphatic carbocycles. The first-order chi connectivity index (χ1) is 8.49. The number of aliphatic carboxylic acids is 1. The van der Waals surface area contributed by atoms with Gasteiger partial charge in [0.1, 0.15) is 22.8 Å². The maximum Gasteiger partial charge on any atom is 0.322 e. The number of β-amino-alcohol motifs (C(OH)–C–C–N with tert-alkyl or cyclic N) is 1. The molecule has 1 aromatic rings. The van der Waals surface area contributed by atoms with E-state index < -0.39 is 34.9 Å². The summed E-state index contributed by atoms with van der Waals surface area (Å²) >= 11 is 0. The molecule has 1 saturated heterocycles. The van der Waals surface area contributed by atoms with Crippen molar-refractivity contribution in [2.75, 3.05) is 6.54 Å². The molecule has 1 unspecified atom stereocenters. The van der Waals surface area contributed by atoms with E-state index in [-0.39, 0.29) is 13.0 Å². The molecule has 98 valence electrons. The number of hydrogen-bond donors (Lipinski definition) is 2. The maximum absolute atomic E-state index is 12.7. The summed E-state index contributed by atoms with van der Waals surface area (Å²) in [6, 6.07) is 4.03. The third kappa shape index (κ3) is 2.58. The van der Waals surface area contributed by atoms with Crippen LogP contribution >= 0.6 is 0 Å². The van der Waals surface area contributed by atoms with Crippen LogP contribution in [0.2, 0.25) is 0 Å². The van der Waals surface area contributed by atoms with Crippen molar-refractivity contribution in [3.8, 4) is 0 Å². The van der Waals surface area contributed by atoms with Gasteiger partial charge in [-0.05, 0) is 24.3 Å². The van der Waals surface area contributed by atoms with Crippen LogP contribution in [-0.4, -0.2) is 43.4 Å². The predicted molar refractivity (Wildman–Crippen MR) is 61.6 cm³/mol. The van der Waals surface area contributed by atoms with Crippen LogP contribution < -0.4 is 0 Å². The van der Waals surface area contributed by atoms with E-state index in [0.29, 0.717) is 4.90 Å². The van der Waals surface area contributed by atoms with Gasteiger partial charge in [0, 0.05) is 13.0 Å². The number of benzene rings is 1. The number of rotatable bonds is 3. The first-order valence-corrected chi connectivity index (χ1v) is 6.44. The van der Waals surface area contributed by atoms with Gasteiger partial charge in [-0.15, -0.1) is 0 Å². The van der Waals surface area contributed by atoms with Gasteiger partial charge in [0.05, 0.1) is 11.0 Å². The first kappa shape index (κ1) is 13.1. The molecule has 0 amide bonds. The summed E-state index contributed by atoms with van der Waals surface area (Å²) in [6.07, 6.45) is -0.766. The molecule has 1 fully saturated rings. The molecular weight excluding hydrogens is 261 g/mol. The number of carboxylic acids is 1. The minimum absolute atomic E-state index is 0.0287. The van der Waals surface area contributed by atoms with Crippen molar-refractivity contribution in [1.29, 1.82) is 0 Å². The molecule has 0 spiro atoms. The van der Waals surface area contributed by atoms with Crippen molar-refractivity contribution in [3.63, 3.8) is 0 Å². The van der Waals surface area contributed by atoms with Gasteiger partial charge in [-0.3, -0.25) is 4.79 Å². The Kier molecular flexibility index (Phi) is 3.74. The molecule has 2 rings (SSSR count). The molecule has 0 aromatic heterocycles. The van der Waals surface area contributed by atoms with Crippen molar-refractivity contribution < 1.29 is 23.6 Å². The van der Waals surface area contributed by atoms with Crippen LogP contribution in [0.25, 0.3) is 0 Å². The fraction of sp³-hybridized carbons (Fsp3) is 0.364. The molecule has 2 N–H and O–H groups in total. The molecule has 0 radical (unpaired) electrons. The zero-order valence-corrected chi connectivity index (χ0v) is 10.1. The Morgan fingerprint density at radius 2 is 2.00 bits per heavy atom. The van der Waals surface area contributed by atoms with E-state index in [9.17, 15) is 18.5 Å². The van der Waals surface area contributed by atoms with Crippen LogP contribution in [0.1, 0.15) is 6.42 Å². The molecule has 1 aliphatic rings. The molecule has 1 aliphatic heterocycles. The van der Waals surface area contributed by atoms with Crippen LogP contribution in [0.3, 0.4) is 0 Å². The Morgan fingerprint density at radius 3 is 2.56 bits per heavy atom. The van der Waals surface area contributed by atoms with Gasteiger partial charge in [-0.25, -0.2) is 12.9 Å². The summed E-state index contributed by atoms with van der Waals surface area (Å²) in [4.78, 5) is 11.3. The lowest BCUT2D eigenvalue weighted by atomic mass is 10.2. The van der Waals surface area contributed by atoms with E-state index in [1.54, 1.807) is 0 Å². The zero-order chi connectivity index (χ0) is 13.3. The molecule has 5 nitrogen and oxygen atoms in total. The quantitative estimate of drug-likeness (QED) is 0.834. The first-order valence-electron chi connectivity index (χ1n) is 5.34. The normalized spacial score (nSPS) is 26.1. The Hall–Kier alpha value is -1.31. The standard InChI is InChI=1S/C11H12FNO4S/c12-7-1-3-9(4-2-7)18(17)13-6-8(14)5-10(13)11(15)16/h1-4,8,10,14H,5-6H2,(H,15,16)/t8-,10+,18?/m1/s1. The number of nitrogens with zero attached hydrogens (tertiary/aromatic N) is 1. The van der Waals surface area contributed by atoms with E-state index in [4.69, 9.17) is 5.11 Å². The molecule has 3 atom stereocenters. The average Bonchev–Trinajstić information content (AvgIpc) is 2.71. The minimum Gasteiger partial charge on any atom is -0.480 e. The number of hydrogen-bond acceptors (Lipinski definition) is 3. The number of halogens is 1. The van der Waals surface area contributed by atoms with E-state index in [1.807, 2.05) is 0 Å². The SMILES string of the molecule is O=C(O)[C@@H]1C[C@@H](O)CN1S(=O)c1ccc(F)cc1. The zero-order valence-electron chi connectivity index (χ0n) is 9.32. The molecule has 1 heterocycles. The highest BCUT2D eigenvalue weighted by Crippen LogP contribution is 2.23. The predicted octanol–water partition coefficient (Wildman–Crippen LogP) is 0.368. The van der Waals surface area contributed by atoms with E-state index in [0.717, 1.165) is 12.1 Å². The summed E-state index contributed by atoms with van der Waals surface area (Å²) in [5.74, 6) is -1.57. The van der Waals surface area contributed by atoms with Crippen LogP contribution in [0, 0.1) is 5.82 Å². The van der Waals surface area contributed by atoms with Crippen LogP contribution in [0.4, 0.5) is 4.39 Å². The van der Waals surface area contributed by atoms with E-state index >= 15 is 0 Å². The smallest absolute Gasteiger partial charge is 0.322 e. The second kappa shape index (κ2) is 5.13. The minimum atomic E-state index is -1.71. The highest BCUT2D eigenvalue weighted by Gasteiger charge is 2.39. The van der Waals surface area contributed by atoms with Gasteiger partial charge in [-0.1, -0.05) is 0 Å². The monoisotopic (exact) mass is 273 g/mol. The third-order valence-electron chi connectivity index (χ3n) is 2.75. The number of carbonyl (C=O) groups is 1. The van der Waals surface area contributed by atoms with Gasteiger partial charge >= 0.3 is 5.97 Å². The summed E-state index contributed by atoms with van der Waals surface area (Å²) in [5, 5.41) is 18.5. The number of aliphatic hydroxyl groups excluding tert-OH is 1. The van der Waals surface area contributed by atoms with Gasteiger partial charge < -0.3 is 10.2 Å². The van der Waals surface area contributed by atoms with Gasteiger partial charge in [-0.2, -0.15) is 0 Å². The van der Waals surface area contributed by atoms with Gasteiger partial charge in [0.2, 0.25) is 0 Å². The third-order valence-corrected chi connectivity index (χ3v) is 4.25. The highest BCUT2D eigenvalue weighted by molar-refractivity contribution is 7.82. The number of carboxylic acid groups (broad SMARTS) is 1. The summed E-state index contributed by atoms with van der Waals surface area (Å²) in [6.45, 7) is 0.0287. The fourth-order valence-electron chi connectivity index (χ4n) is 1.88.